The zero-order valence-electron chi connectivity index (χ0n) is 29.2. The molecule has 4 heteroatoms. The second kappa shape index (κ2) is 12.6. The van der Waals surface area contributed by atoms with Crippen LogP contribution in [0.3, 0.4) is 0 Å². The first-order valence-electron chi connectivity index (χ1n) is 18.2. The molecule has 1 aliphatic rings. The normalized spacial score (nSPS) is 12.9. The summed E-state index contributed by atoms with van der Waals surface area (Å²) in [5, 5.41) is 7.41. The van der Waals surface area contributed by atoms with Crippen molar-refractivity contribution < 1.29 is 0 Å². The fourth-order valence-electron chi connectivity index (χ4n) is 8.25. The van der Waals surface area contributed by atoms with Crippen molar-refractivity contribution in [3.63, 3.8) is 0 Å². The monoisotopic (exact) mass is 801 g/mol. The summed E-state index contributed by atoms with van der Waals surface area (Å²) in [5.41, 5.74) is 12.8. The summed E-state index contributed by atoms with van der Waals surface area (Å²) < 4.78 is 9.50. The van der Waals surface area contributed by atoms with E-state index in [1.165, 1.54) is 71.3 Å². The summed E-state index contributed by atoms with van der Waals surface area (Å²) in [6.45, 7) is 0. The molecular formula is C50H32IN3. The highest BCUT2D eigenvalue weighted by Gasteiger charge is 2.19. The highest BCUT2D eigenvalue weighted by atomic mass is 127. The second-order valence-corrected chi connectivity index (χ2v) is 15.9. The average molecular weight is 802 g/mol. The molecule has 0 saturated carbocycles. The Hall–Kier alpha value is -6.37. The molecule has 254 valence electrons. The molecule has 0 unspecified atom stereocenters. The third kappa shape index (κ3) is 5.01. The molecule has 3 aromatic heterocycles. The summed E-state index contributed by atoms with van der Waals surface area (Å²) in [4.78, 5) is 5.38. The van der Waals surface area contributed by atoms with Crippen molar-refractivity contribution in [2.24, 2.45) is 0 Å². The lowest BCUT2D eigenvalue weighted by Crippen LogP contribution is -2.01. The first-order valence-corrected chi connectivity index (χ1v) is 20.7. The second-order valence-electron chi connectivity index (χ2n) is 13.8. The van der Waals surface area contributed by atoms with E-state index in [2.05, 4.69) is 199 Å². The smallest absolute Gasteiger partial charge is 0.138 e. The first kappa shape index (κ1) is 31.2. The maximum absolute atomic E-state index is 5.38. The fourth-order valence-corrected chi connectivity index (χ4v) is 9.86. The molecule has 0 bridgehead atoms. The summed E-state index contributed by atoms with van der Waals surface area (Å²) in [5.74, 6) is 0.922. The van der Waals surface area contributed by atoms with Gasteiger partial charge in [-0.15, -0.1) is 0 Å². The van der Waals surface area contributed by atoms with Gasteiger partial charge in [-0.1, -0.05) is 154 Å². The van der Waals surface area contributed by atoms with Gasteiger partial charge in [0, 0.05) is 32.5 Å². The minimum Gasteiger partial charge on any atom is -0.309 e. The van der Waals surface area contributed by atoms with Crippen LogP contribution >= 0.6 is 20.7 Å². The fraction of sp³-hybridized carbons (Fsp3) is 0. The molecule has 0 saturated heterocycles. The molecule has 0 amide bonds. The van der Waals surface area contributed by atoms with Gasteiger partial charge in [0.1, 0.15) is 5.82 Å². The Morgan fingerprint density at radius 3 is 1.93 bits per heavy atom. The molecule has 0 radical (unpaired) electrons. The van der Waals surface area contributed by atoms with Crippen molar-refractivity contribution in [3.05, 3.63) is 192 Å². The molecule has 4 heterocycles. The molecule has 0 N–H and O–H groups in total. The van der Waals surface area contributed by atoms with Gasteiger partial charge >= 0.3 is 0 Å². The van der Waals surface area contributed by atoms with Crippen LogP contribution in [-0.4, -0.2) is 18.1 Å². The number of aromatic nitrogens is 3. The number of nitrogens with zero attached hydrogens (tertiary/aromatic N) is 3. The molecular weight excluding hydrogens is 769 g/mol. The number of hydrogen-bond acceptors (Lipinski definition) is 1. The Kier molecular flexibility index (Phi) is 7.30. The Morgan fingerprint density at radius 1 is 0.426 bits per heavy atom. The van der Waals surface area contributed by atoms with Crippen molar-refractivity contribution in [1.82, 2.24) is 14.1 Å². The van der Waals surface area contributed by atoms with Crippen molar-refractivity contribution >= 4 is 84.7 Å². The zero-order valence-corrected chi connectivity index (χ0v) is 31.4. The molecule has 0 aliphatic carbocycles. The highest BCUT2D eigenvalue weighted by molar-refractivity contribution is 14.2. The molecule has 54 heavy (non-hydrogen) atoms. The molecule has 10 aromatic rings. The SMILES string of the molecule is C1=CI=CC(c2cc(-c3ccccc3)nc(-n3c4ccccc4c4ccc(-c5ccc6c(c5)c5ccccc5n6-c5cccc6ccccc56)cc43)c2)=C1. The lowest BCUT2D eigenvalue weighted by Gasteiger charge is -2.14. The maximum atomic E-state index is 5.38. The predicted molar refractivity (Wildman–Crippen MR) is 238 cm³/mol. The molecule has 7 aromatic carbocycles. The largest absolute Gasteiger partial charge is 0.309 e. The van der Waals surface area contributed by atoms with Gasteiger partial charge in [0.15, 0.2) is 0 Å². The number of pyridine rings is 1. The lowest BCUT2D eigenvalue weighted by atomic mass is 10.0. The van der Waals surface area contributed by atoms with E-state index >= 15 is 0 Å². The Balaban J connectivity index is 1.13. The summed E-state index contributed by atoms with van der Waals surface area (Å²) in [6, 6.07) is 61.7. The van der Waals surface area contributed by atoms with Gasteiger partial charge < -0.3 is 4.57 Å². The van der Waals surface area contributed by atoms with Gasteiger partial charge in [-0.05, 0) is 84.3 Å². The van der Waals surface area contributed by atoms with E-state index in [1.807, 2.05) is 0 Å². The van der Waals surface area contributed by atoms with Crippen molar-refractivity contribution in [3.8, 4) is 33.9 Å². The van der Waals surface area contributed by atoms with E-state index in [9.17, 15) is 0 Å². The summed E-state index contributed by atoms with van der Waals surface area (Å²) in [6.07, 6.45) is 4.43. The van der Waals surface area contributed by atoms with Gasteiger partial charge in [0.05, 0.1) is 33.4 Å². The van der Waals surface area contributed by atoms with E-state index in [1.54, 1.807) is 0 Å². The van der Waals surface area contributed by atoms with Crippen LogP contribution in [0, 0.1) is 0 Å². The minimum atomic E-state index is -0.108. The molecule has 0 fully saturated rings. The summed E-state index contributed by atoms with van der Waals surface area (Å²) in [7, 11) is 0. The number of rotatable bonds is 5. The van der Waals surface area contributed by atoms with E-state index in [0.717, 1.165) is 28.1 Å². The zero-order chi connectivity index (χ0) is 35.6. The average Bonchev–Trinajstić information content (AvgIpc) is 3.76. The van der Waals surface area contributed by atoms with Crippen LogP contribution in [0.15, 0.2) is 186 Å². The quantitative estimate of drug-likeness (QED) is 0.159. The van der Waals surface area contributed by atoms with Crippen LogP contribution in [0.25, 0.3) is 93.8 Å². The first-order chi connectivity index (χ1) is 26.8. The third-order valence-electron chi connectivity index (χ3n) is 10.7. The van der Waals surface area contributed by atoms with Crippen molar-refractivity contribution in [2.45, 2.75) is 0 Å². The van der Waals surface area contributed by atoms with Crippen LogP contribution in [-0.2, 0) is 0 Å². The molecule has 1 aliphatic heterocycles. The number of hydrogen-bond donors (Lipinski definition) is 0. The number of allylic oxidation sites excluding steroid dienone is 3. The van der Waals surface area contributed by atoms with Gasteiger partial charge in [-0.25, -0.2) is 4.98 Å². The van der Waals surface area contributed by atoms with Crippen LogP contribution in [0.1, 0.15) is 5.56 Å². The molecule has 3 nitrogen and oxygen atoms in total. The Bertz CT molecular complexity index is 3210. The number of fused-ring (bicyclic) bond motifs is 7. The van der Waals surface area contributed by atoms with Crippen LogP contribution in [0.4, 0.5) is 0 Å². The lowest BCUT2D eigenvalue weighted by molar-refractivity contribution is 1.08. The van der Waals surface area contributed by atoms with Crippen molar-refractivity contribution in [1.29, 1.82) is 0 Å². The molecule has 0 atom stereocenters. The topological polar surface area (TPSA) is 22.8 Å². The Morgan fingerprint density at radius 2 is 1.09 bits per heavy atom. The maximum Gasteiger partial charge on any atom is 0.138 e. The predicted octanol–water partition coefficient (Wildman–Crippen LogP) is 13.4. The van der Waals surface area contributed by atoms with E-state index in [-0.39, 0.29) is 20.7 Å². The van der Waals surface area contributed by atoms with Crippen LogP contribution < -0.4 is 0 Å². The Labute approximate surface area is 322 Å². The van der Waals surface area contributed by atoms with Gasteiger partial charge in [-0.3, -0.25) is 4.57 Å². The molecule has 0 spiro atoms. The number of benzene rings is 7. The van der Waals surface area contributed by atoms with Gasteiger partial charge in [0.2, 0.25) is 0 Å². The highest BCUT2D eigenvalue weighted by Crippen LogP contribution is 2.39. The van der Waals surface area contributed by atoms with Crippen LogP contribution in [0.2, 0.25) is 0 Å². The van der Waals surface area contributed by atoms with Crippen molar-refractivity contribution in [2.75, 3.05) is 0 Å². The van der Waals surface area contributed by atoms with E-state index in [0.29, 0.717) is 0 Å². The summed E-state index contributed by atoms with van der Waals surface area (Å²) >= 11 is -0.108. The van der Waals surface area contributed by atoms with E-state index in [4.69, 9.17) is 4.98 Å². The molecule has 11 rings (SSSR count). The third-order valence-corrected chi connectivity index (χ3v) is 12.6. The minimum absolute atomic E-state index is 0.108. The standard InChI is InChI=1S/C50H32IN3/c1-2-13-34(14-3-1)44-29-38(37-16-11-27-51-32-37)31-50(52-44)54-47-21-9-6-18-40(47)42-25-23-36(30-49(42)54)35-24-26-48-43(28-35)41-19-7-8-20-46(41)53(48)45-22-10-15-33-12-4-5-17-39(33)45/h1-32H. The number of halogens is 1. The van der Waals surface area contributed by atoms with Gasteiger partial charge in [0.25, 0.3) is 0 Å². The van der Waals surface area contributed by atoms with Gasteiger partial charge in [-0.2, -0.15) is 0 Å². The number of para-hydroxylation sites is 2. The van der Waals surface area contributed by atoms with Crippen LogP contribution in [0.5, 0.6) is 0 Å². The van der Waals surface area contributed by atoms with E-state index < -0.39 is 0 Å².